The van der Waals surface area contributed by atoms with E-state index < -0.39 is 11.5 Å². The lowest BCUT2D eigenvalue weighted by Gasteiger charge is -2.21. The number of anilines is 2. The molecule has 0 radical (unpaired) electrons. The summed E-state index contributed by atoms with van der Waals surface area (Å²) < 4.78 is 5.14. The summed E-state index contributed by atoms with van der Waals surface area (Å²) in [7, 11) is 0. The molecule has 0 saturated carbocycles. The normalized spacial score (nSPS) is 12.0. The Morgan fingerprint density at radius 3 is 2.14 bits per heavy atom. The molecule has 0 spiro atoms. The summed E-state index contributed by atoms with van der Waals surface area (Å²) >= 11 is 0. The smallest absolute Gasteiger partial charge is 0.319 e. The van der Waals surface area contributed by atoms with E-state index in [2.05, 4.69) is 21.3 Å². The van der Waals surface area contributed by atoms with Gasteiger partial charge in [0, 0.05) is 16.8 Å². The van der Waals surface area contributed by atoms with Crippen LogP contribution in [0.25, 0.3) is 0 Å². The third-order valence-corrected chi connectivity index (χ3v) is 3.84. The van der Waals surface area contributed by atoms with Crippen LogP contribution < -0.4 is 21.3 Å². The second-order valence-corrected chi connectivity index (χ2v) is 7.40. The van der Waals surface area contributed by atoms with Gasteiger partial charge >= 0.3 is 6.03 Å². The van der Waals surface area contributed by atoms with Crippen LogP contribution in [0.2, 0.25) is 0 Å². The number of rotatable bonds is 6. The average molecular weight is 386 g/mol. The number of amides is 4. The van der Waals surface area contributed by atoms with Gasteiger partial charge in [0.1, 0.15) is 11.8 Å². The zero-order valence-electron chi connectivity index (χ0n) is 16.5. The van der Waals surface area contributed by atoms with E-state index >= 15 is 0 Å². The van der Waals surface area contributed by atoms with Gasteiger partial charge in [0.2, 0.25) is 11.8 Å². The van der Waals surface area contributed by atoms with Crippen molar-refractivity contribution in [2.75, 3.05) is 10.6 Å². The van der Waals surface area contributed by atoms with Gasteiger partial charge in [0.05, 0.1) is 12.8 Å². The first-order chi connectivity index (χ1) is 13.1. The zero-order valence-corrected chi connectivity index (χ0v) is 16.5. The Kier molecular flexibility index (Phi) is 6.81. The van der Waals surface area contributed by atoms with Crippen LogP contribution in [0.4, 0.5) is 16.2 Å². The molecule has 0 aliphatic rings. The summed E-state index contributed by atoms with van der Waals surface area (Å²) in [6.45, 7) is 7.25. The van der Waals surface area contributed by atoms with Gasteiger partial charge < -0.3 is 25.7 Å². The number of nitrogens with one attached hydrogen (secondary N) is 4. The summed E-state index contributed by atoms with van der Waals surface area (Å²) in [5, 5.41) is 10.8. The molecule has 0 bridgehead atoms. The van der Waals surface area contributed by atoms with Crippen molar-refractivity contribution < 1.29 is 18.8 Å². The number of furan rings is 1. The minimum absolute atomic E-state index is 0.199. The van der Waals surface area contributed by atoms with E-state index in [1.807, 2.05) is 0 Å². The molecule has 0 saturated heterocycles. The van der Waals surface area contributed by atoms with E-state index in [9.17, 15) is 14.4 Å². The Bertz CT molecular complexity index is 808. The molecule has 1 heterocycles. The summed E-state index contributed by atoms with van der Waals surface area (Å²) in [5.41, 5.74) is 0.562. The molecule has 8 heteroatoms. The molecule has 8 nitrogen and oxygen atoms in total. The first-order valence-corrected chi connectivity index (χ1v) is 8.94. The van der Waals surface area contributed by atoms with Crippen molar-refractivity contribution in [3.05, 3.63) is 48.4 Å². The number of urea groups is 1. The van der Waals surface area contributed by atoms with Crippen LogP contribution in [0.5, 0.6) is 0 Å². The monoisotopic (exact) mass is 386 g/mol. The van der Waals surface area contributed by atoms with Crippen LogP contribution in [0.15, 0.2) is 47.1 Å². The van der Waals surface area contributed by atoms with Gasteiger partial charge in [-0.25, -0.2) is 4.79 Å². The maximum absolute atomic E-state index is 12.2. The Hall–Kier alpha value is -3.29. The summed E-state index contributed by atoms with van der Waals surface area (Å²) in [4.78, 5) is 36.1. The molecular weight excluding hydrogens is 360 g/mol. The van der Waals surface area contributed by atoms with Crippen molar-refractivity contribution in [1.29, 1.82) is 0 Å². The van der Waals surface area contributed by atoms with Crippen molar-refractivity contribution in [3.8, 4) is 0 Å². The van der Waals surface area contributed by atoms with Gasteiger partial charge in [-0.05, 0) is 43.3 Å². The summed E-state index contributed by atoms with van der Waals surface area (Å²) in [6.07, 6.45) is 1.54. The zero-order chi connectivity index (χ0) is 20.7. The average Bonchev–Trinajstić information content (AvgIpc) is 3.14. The highest BCUT2D eigenvalue weighted by atomic mass is 16.3. The van der Waals surface area contributed by atoms with Crippen molar-refractivity contribution >= 4 is 29.2 Å². The Morgan fingerprint density at radius 2 is 1.61 bits per heavy atom. The maximum Gasteiger partial charge on any atom is 0.319 e. The number of hydrogen-bond acceptors (Lipinski definition) is 4. The van der Waals surface area contributed by atoms with Crippen molar-refractivity contribution in [1.82, 2.24) is 10.6 Å². The topological polar surface area (TPSA) is 112 Å². The van der Waals surface area contributed by atoms with Crippen LogP contribution >= 0.6 is 0 Å². The Morgan fingerprint density at radius 1 is 1.00 bits per heavy atom. The van der Waals surface area contributed by atoms with Crippen LogP contribution in [0, 0.1) is 5.41 Å². The minimum Gasteiger partial charge on any atom is -0.467 e. The highest BCUT2D eigenvalue weighted by Gasteiger charge is 2.25. The van der Waals surface area contributed by atoms with E-state index in [0.29, 0.717) is 17.1 Å². The first-order valence-electron chi connectivity index (χ1n) is 8.94. The highest BCUT2D eigenvalue weighted by Crippen LogP contribution is 2.15. The van der Waals surface area contributed by atoms with Crippen LogP contribution in [-0.4, -0.2) is 23.9 Å². The Balaban J connectivity index is 1.82. The number of hydrogen-bond donors (Lipinski definition) is 4. The molecule has 1 unspecified atom stereocenters. The van der Waals surface area contributed by atoms with Crippen LogP contribution in [0.1, 0.15) is 33.5 Å². The van der Waals surface area contributed by atoms with E-state index in [1.54, 1.807) is 64.1 Å². The SMILES string of the molecule is CC(NC(=O)C(C)(C)C)C(=O)Nc1ccc(NC(=O)NCc2ccco2)cc1. The molecule has 4 N–H and O–H groups in total. The number of carbonyl (C=O) groups excluding carboxylic acids is 3. The fraction of sp³-hybridized carbons (Fsp3) is 0.350. The third kappa shape index (κ3) is 6.46. The predicted octanol–water partition coefficient (Wildman–Crippen LogP) is 3.09. The van der Waals surface area contributed by atoms with Crippen molar-refractivity contribution in [3.63, 3.8) is 0 Å². The lowest BCUT2D eigenvalue weighted by atomic mass is 9.95. The second-order valence-electron chi connectivity index (χ2n) is 7.40. The van der Waals surface area contributed by atoms with E-state index in [1.165, 1.54) is 6.26 Å². The molecule has 28 heavy (non-hydrogen) atoms. The molecule has 150 valence electrons. The van der Waals surface area contributed by atoms with Gasteiger partial charge in [-0.3, -0.25) is 9.59 Å². The maximum atomic E-state index is 12.2. The van der Waals surface area contributed by atoms with Gasteiger partial charge in [-0.2, -0.15) is 0 Å². The van der Waals surface area contributed by atoms with Crippen molar-refractivity contribution in [2.45, 2.75) is 40.3 Å². The molecule has 1 aromatic heterocycles. The molecule has 0 aliphatic heterocycles. The van der Waals surface area contributed by atoms with Gasteiger partial charge in [-0.1, -0.05) is 20.8 Å². The fourth-order valence-electron chi connectivity index (χ4n) is 2.12. The molecule has 0 aliphatic carbocycles. The van der Waals surface area contributed by atoms with Crippen molar-refractivity contribution in [2.24, 2.45) is 5.41 Å². The van der Waals surface area contributed by atoms with E-state index in [-0.39, 0.29) is 24.4 Å². The summed E-state index contributed by atoms with van der Waals surface area (Å²) in [5.74, 6) is 0.130. The molecule has 2 rings (SSSR count). The molecule has 0 fully saturated rings. The second kappa shape index (κ2) is 9.07. The molecule has 2 aromatic rings. The third-order valence-electron chi connectivity index (χ3n) is 3.84. The minimum atomic E-state index is -0.670. The Labute approximate surface area is 164 Å². The number of carbonyl (C=O) groups is 3. The molecular formula is C20H26N4O4. The molecule has 1 atom stereocenters. The molecule has 1 aromatic carbocycles. The lowest BCUT2D eigenvalue weighted by molar-refractivity contribution is -0.131. The largest absolute Gasteiger partial charge is 0.467 e. The van der Waals surface area contributed by atoms with Gasteiger partial charge in [0.25, 0.3) is 0 Å². The molecule has 4 amide bonds. The van der Waals surface area contributed by atoms with E-state index in [0.717, 1.165) is 0 Å². The summed E-state index contributed by atoms with van der Waals surface area (Å²) in [6, 6.07) is 9.14. The highest BCUT2D eigenvalue weighted by molar-refractivity contribution is 5.97. The van der Waals surface area contributed by atoms with Gasteiger partial charge in [-0.15, -0.1) is 0 Å². The number of benzene rings is 1. The fourth-order valence-corrected chi connectivity index (χ4v) is 2.12. The van der Waals surface area contributed by atoms with Crippen LogP contribution in [-0.2, 0) is 16.1 Å². The van der Waals surface area contributed by atoms with E-state index in [4.69, 9.17) is 4.42 Å². The standard InChI is InChI=1S/C20H26N4O4/c1-13(22-18(26)20(2,3)4)17(25)23-14-7-9-15(10-8-14)24-19(27)21-12-16-6-5-11-28-16/h5-11,13H,12H2,1-4H3,(H,22,26)(H,23,25)(H2,21,24,27). The first kappa shape index (κ1) is 21.0. The predicted molar refractivity (Wildman–Crippen MR) is 107 cm³/mol. The quantitative estimate of drug-likeness (QED) is 0.611. The van der Waals surface area contributed by atoms with Crippen LogP contribution in [0.3, 0.4) is 0 Å². The van der Waals surface area contributed by atoms with Gasteiger partial charge in [0.15, 0.2) is 0 Å². The lowest BCUT2D eigenvalue weighted by Crippen LogP contribution is -2.46.